The summed E-state index contributed by atoms with van der Waals surface area (Å²) in [5.74, 6) is -6.61. The second-order valence-electron chi connectivity index (χ2n) is 2.35. The number of thiophene rings is 1. The third kappa shape index (κ3) is 1.90. The Kier molecular flexibility index (Phi) is 3.16. The predicted molar refractivity (Wildman–Crippen MR) is 44.6 cm³/mol. The van der Waals surface area contributed by atoms with Crippen molar-refractivity contribution < 1.29 is 22.4 Å². The van der Waals surface area contributed by atoms with E-state index in [-0.39, 0.29) is 5.02 Å². The maximum absolute atomic E-state index is 12.5. The number of rotatable bonds is 3. The number of carbonyl (C=O) groups excluding carboxylic acids is 1. The molecule has 0 fully saturated rings. The van der Waals surface area contributed by atoms with Crippen LogP contribution >= 0.6 is 22.9 Å². The Balaban J connectivity index is 3.02. The van der Waals surface area contributed by atoms with Gasteiger partial charge in [0.1, 0.15) is 0 Å². The fraction of sp³-hybridized carbons (Fsp3) is 0.286. The number of Topliss-reactive ketones (excluding diaryl/α,β-unsaturated/α-hetero) is 1. The third-order valence-corrected chi connectivity index (χ3v) is 2.74. The van der Waals surface area contributed by atoms with Crippen LogP contribution in [0.25, 0.3) is 0 Å². The van der Waals surface area contributed by atoms with Crippen LogP contribution in [-0.4, -0.2) is 18.1 Å². The molecule has 0 amide bonds. The van der Waals surface area contributed by atoms with Crippen molar-refractivity contribution in [2.24, 2.45) is 0 Å². The van der Waals surface area contributed by atoms with Gasteiger partial charge in [-0.1, -0.05) is 11.6 Å². The van der Waals surface area contributed by atoms with E-state index in [4.69, 9.17) is 11.6 Å². The second-order valence-corrected chi connectivity index (χ2v) is 3.67. The van der Waals surface area contributed by atoms with Crippen LogP contribution in [0.15, 0.2) is 11.4 Å². The number of ketones is 1. The molecule has 0 spiro atoms. The van der Waals surface area contributed by atoms with Crippen molar-refractivity contribution in [3.05, 3.63) is 21.3 Å². The van der Waals surface area contributed by atoms with E-state index >= 15 is 0 Å². The van der Waals surface area contributed by atoms with Crippen molar-refractivity contribution in [2.45, 2.75) is 12.3 Å². The van der Waals surface area contributed by atoms with Crippen molar-refractivity contribution in [3.63, 3.8) is 0 Å². The highest BCUT2D eigenvalue weighted by molar-refractivity contribution is 7.12. The summed E-state index contributed by atoms with van der Waals surface area (Å²) >= 11 is 5.96. The SMILES string of the molecule is O=C(c1sccc1Cl)C(F)(F)C(F)F. The zero-order chi connectivity index (χ0) is 10.9. The van der Waals surface area contributed by atoms with Crippen LogP contribution < -0.4 is 0 Å². The highest BCUT2D eigenvalue weighted by Gasteiger charge is 2.50. The number of halogens is 5. The molecule has 0 saturated heterocycles. The molecule has 0 aliphatic heterocycles. The second kappa shape index (κ2) is 3.86. The van der Waals surface area contributed by atoms with Gasteiger partial charge in [-0.15, -0.1) is 11.3 Å². The summed E-state index contributed by atoms with van der Waals surface area (Å²) in [6.45, 7) is 0. The maximum Gasteiger partial charge on any atom is 0.369 e. The zero-order valence-electron chi connectivity index (χ0n) is 6.44. The summed E-state index contributed by atoms with van der Waals surface area (Å²) in [4.78, 5) is 10.3. The number of carbonyl (C=O) groups is 1. The normalized spacial score (nSPS) is 12.1. The molecule has 1 aromatic heterocycles. The highest BCUT2D eigenvalue weighted by atomic mass is 35.5. The first-order valence-electron chi connectivity index (χ1n) is 3.31. The fourth-order valence-corrected chi connectivity index (χ4v) is 1.83. The van der Waals surface area contributed by atoms with Crippen molar-refractivity contribution in [1.82, 2.24) is 0 Å². The Hall–Kier alpha value is -0.620. The van der Waals surface area contributed by atoms with E-state index in [1.54, 1.807) is 0 Å². The quantitative estimate of drug-likeness (QED) is 0.589. The zero-order valence-corrected chi connectivity index (χ0v) is 8.01. The first kappa shape index (κ1) is 11.5. The molecular weight excluding hydrogens is 244 g/mol. The van der Waals surface area contributed by atoms with Crippen molar-refractivity contribution >= 4 is 28.7 Å². The summed E-state index contributed by atoms with van der Waals surface area (Å²) < 4.78 is 48.6. The van der Waals surface area contributed by atoms with E-state index < -0.39 is 23.0 Å². The highest BCUT2D eigenvalue weighted by Crippen LogP contribution is 2.32. The molecular formula is C7H3ClF4OS. The molecule has 0 bridgehead atoms. The lowest BCUT2D eigenvalue weighted by atomic mass is 10.2. The molecule has 0 unspecified atom stereocenters. The van der Waals surface area contributed by atoms with Crippen LogP contribution in [0, 0.1) is 0 Å². The molecule has 0 N–H and O–H groups in total. The molecule has 14 heavy (non-hydrogen) atoms. The number of hydrogen-bond donors (Lipinski definition) is 0. The average molecular weight is 247 g/mol. The molecule has 1 rings (SSSR count). The lowest BCUT2D eigenvalue weighted by molar-refractivity contribution is -0.0955. The van der Waals surface area contributed by atoms with Gasteiger partial charge in [0.25, 0.3) is 0 Å². The van der Waals surface area contributed by atoms with Crippen molar-refractivity contribution in [1.29, 1.82) is 0 Å². The standard InChI is InChI=1S/C7H3ClF4OS/c8-3-1-2-14-4(3)5(13)7(11,12)6(9)10/h1-2,6H. The van der Waals surface area contributed by atoms with Gasteiger partial charge in [0, 0.05) is 0 Å². The maximum atomic E-state index is 12.5. The number of alkyl halides is 4. The van der Waals surface area contributed by atoms with Gasteiger partial charge < -0.3 is 0 Å². The van der Waals surface area contributed by atoms with E-state index in [1.165, 1.54) is 11.4 Å². The minimum Gasteiger partial charge on any atom is -0.286 e. The first-order valence-corrected chi connectivity index (χ1v) is 4.57. The molecule has 1 aromatic rings. The van der Waals surface area contributed by atoms with Crippen LogP contribution in [0.1, 0.15) is 9.67 Å². The third-order valence-electron chi connectivity index (χ3n) is 1.40. The van der Waals surface area contributed by atoms with Crippen LogP contribution in [0.5, 0.6) is 0 Å². The Morgan fingerprint density at radius 2 is 2.07 bits per heavy atom. The average Bonchev–Trinajstić information content (AvgIpc) is 2.49. The lowest BCUT2D eigenvalue weighted by Crippen LogP contribution is -2.36. The molecule has 1 nitrogen and oxygen atoms in total. The molecule has 0 aromatic carbocycles. The van der Waals surface area contributed by atoms with Gasteiger partial charge in [0.15, 0.2) is 0 Å². The summed E-state index contributed by atoms with van der Waals surface area (Å²) in [7, 11) is 0. The Morgan fingerprint density at radius 1 is 1.50 bits per heavy atom. The summed E-state index contributed by atoms with van der Waals surface area (Å²) in [5.41, 5.74) is 0. The molecule has 0 aliphatic rings. The predicted octanol–water partition coefficient (Wildman–Crippen LogP) is 3.48. The van der Waals surface area contributed by atoms with Gasteiger partial charge in [0.2, 0.25) is 5.78 Å². The van der Waals surface area contributed by atoms with Gasteiger partial charge in [-0.05, 0) is 11.4 Å². The molecule has 0 atom stereocenters. The molecule has 78 valence electrons. The minimum atomic E-state index is -4.67. The summed E-state index contributed by atoms with van der Waals surface area (Å²) in [6, 6.07) is 1.20. The molecule has 1 heterocycles. The van der Waals surface area contributed by atoms with E-state index in [0.29, 0.717) is 11.3 Å². The summed E-state index contributed by atoms with van der Waals surface area (Å²) in [5, 5.41) is 1.04. The van der Waals surface area contributed by atoms with Crippen LogP contribution in [-0.2, 0) is 0 Å². The Morgan fingerprint density at radius 3 is 2.43 bits per heavy atom. The topological polar surface area (TPSA) is 17.1 Å². The van der Waals surface area contributed by atoms with Crippen LogP contribution in [0.4, 0.5) is 17.6 Å². The Labute approximate surface area is 85.3 Å². The van der Waals surface area contributed by atoms with Crippen LogP contribution in [0.2, 0.25) is 5.02 Å². The van der Waals surface area contributed by atoms with E-state index in [9.17, 15) is 22.4 Å². The number of hydrogen-bond acceptors (Lipinski definition) is 2. The molecule has 7 heteroatoms. The Bertz CT molecular complexity index is 349. The van der Waals surface area contributed by atoms with Gasteiger partial charge in [0.05, 0.1) is 9.90 Å². The molecule has 0 radical (unpaired) electrons. The van der Waals surface area contributed by atoms with Gasteiger partial charge >= 0.3 is 12.3 Å². The van der Waals surface area contributed by atoms with Crippen molar-refractivity contribution in [3.8, 4) is 0 Å². The van der Waals surface area contributed by atoms with E-state index in [1.807, 2.05) is 0 Å². The van der Waals surface area contributed by atoms with E-state index in [0.717, 1.165) is 0 Å². The monoisotopic (exact) mass is 246 g/mol. The van der Waals surface area contributed by atoms with Crippen LogP contribution in [0.3, 0.4) is 0 Å². The van der Waals surface area contributed by atoms with Crippen molar-refractivity contribution in [2.75, 3.05) is 0 Å². The fourth-order valence-electron chi connectivity index (χ4n) is 0.706. The smallest absolute Gasteiger partial charge is 0.286 e. The molecule has 0 aliphatic carbocycles. The minimum absolute atomic E-state index is 0.236. The lowest BCUT2D eigenvalue weighted by Gasteiger charge is -2.12. The molecule has 0 saturated carbocycles. The van der Waals surface area contributed by atoms with Gasteiger partial charge in [-0.25, -0.2) is 8.78 Å². The van der Waals surface area contributed by atoms with Gasteiger partial charge in [-0.2, -0.15) is 8.78 Å². The summed E-state index contributed by atoms with van der Waals surface area (Å²) in [6.07, 6.45) is -4.02. The first-order chi connectivity index (χ1) is 6.37. The van der Waals surface area contributed by atoms with Gasteiger partial charge in [-0.3, -0.25) is 4.79 Å². The van der Waals surface area contributed by atoms with E-state index in [2.05, 4.69) is 0 Å². The largest absolute Gasteiger partial charge is 0.369 e.